The average Bonchev–Trinajstić information content (AvgIpc) is 4.05. The molecule has 0 unspecified atom stereocenters. The monoisotopic (exact) mass is 843 g/mol. The van der Waals surface area contributed by atoms with Crippen LogP contribution in [0, 0.1) is 0 Å². The predicted molar refractivity (Wildman–Crippen MR) is 278 cm³/mol. The van der Waals surface area contributed by atoms with Crippen molar-refractivity contribution in [2.24, 2.45) is 0 Å². The molecule has 0 spiro atoms. The number of furan rings is 1. The standard InChI is InChI=1S/C62H37NOS/c1-2-12-38(13-3-1)47-16-4-5-17-48(47)42-14-10-15-43(32-42)49-20-11-21-51-55-37-40(27-31-60(55)65-62(49)51)39-25-29-57-54(36-39)50-18-6-8-22-56(50)63(57)46-28-24-41-35-53-44(33-45(41)34-46)26-30-59-61(53)52-19-7-9-23-58(52)64-59/h1-37H. The van der Waals surface area contributed by atoms with Crippen molar-refractivity contribution in [2.45, 2.75) is 0 Å². The molecular formula is C62H37NOS. The van der Waals surface area contributed by atoms with Gasteiger partial charge in [0, 0.05) is 47.4 Å². The van der Waals surface area contributed by atoms with Crippen LogP contribution in [0.25, 0.3) is 136 Å². The van der Waals surface area contributed by atoms with E-state index < -0.39 is 0 Å². The maximum absolute atomic E-state index is 6.24. The molecule has 0 saturated carbocycles. The Morgan fingerprint density at radius 2 is 0.985 bits per heavy atom. The van der Waals surface area contributed by atoms with Crippen LogP contribution in [0.2, 0.25) is 0 Å². The Kier molecular flexibility index (Phi) is 7.89. The van der Waals surface area contributed by atoms with Gasteiger partial charge in [0.2, 0.25) is 0 Å². The van der Waals surface area contributed by atoms with Crippen LogP contribution in [0.1, 0.15) is 0 Å². The van der Waals surface area contributed by atoms with Crippen LogP contribution in [0.15, 0.2) is 229 Å². The molecule has 11 aromatic carbocycles. The van der Waals surface area contributed by atoms with Gasteiger partial charge in [0.15, 0.2) is 0 Å². The minimum Gasteiger partial charge on any atom is -0.456 e. The highest BCUT2D eigenvalue weighted by molar-refractivity contribution is 7.26. The van der Waals surface area contributed by atoms with Crippen LogP contribution in [-0.2, 0) is 0 Å². The Hall–Kier alpha value is -8.24. The summed E-state index contributed by atoms with van der Waals surface area (Å²) >= 11 is 1.89. The molecule has 3 aromatic heterocycles. The van der Waals surface area contributed by atoms with Gasteiger partial charge in [0.1, 0.15) is 11.2 Å². The molecule has 14 rings (SSSR count). The predicted octanol–water partition coefficient (Wildman–Crippen LogP) is 18.0. The van der Waals surface area contributed by atoms with Crippen molar-refractivity contribution in [3.8, 4) is 50.2 Å². The van der Waals surface area contributed by atoms with Crippen molar-refractivity contribution < 1.29 is 4.42 Å². The van der Waals surface area contributed by atoms with Gasteiger partial charge in [0.05, 0.1) is 11.0 Å². The van der Waals surface area contributed by atoms with Gasteiger partial charge >= 0.3 is 0 Å². The summed E-state index contributed by atoms with van der Waals surface area (Å²) < 4.78 is 11.3. The van der Waals surface area contributed by atoms with E-state index in [-0.39, 0.29) is 0 Å². The number of benzene rings is 11. The van der Waals surface area contributed by atoms with Gasteiger partial charge in [-0.25, -0.2) is 0 Å². The summed E-state index contributed by atoms with van der Waals surface area (Å²) in [7, 11) is 0. The molecule has 3 heterocycles. The molecule has 14 aromatic rings. The van der Waals surface area contributed by atoms with Crippen molar-refractivity contribution in [1.29, 1.82) is 0 Å². The Balaban J connectivity index is 0.854. The van der Waals surface area contributed by atoms with Gasteiger partial charge in [-0.3, -0.25) is 0 Å². The lowest BCUT2D eigenvalue weighted by molar-refractivity contribution is 0.669. The van der Waals surface area contributed by atoms with Crippen LogP contribution in [0.3, 0.4) is 0 Å². The largest absolute Gasteiger partial charge is 0.456 e. The zero-order valence-corrected chi connectivity index (χ0v) is 35.9. The molecule has 3 heteroatoms. The maximum Gasteiger partial charge on any atom is 0.136 e. The first-order chi connectivity index (χ1) is 32.2. The lowest BCUT2D eigenvalue weighted by Gasteiger charge is -2.12. The molecule has 0 N–H and O–H groups in total. The highest BCUT2D eigenvalue weighted by Crippen LogP contribution is 2.44. The molecule has 2 nitrogen and oxygen atoms in total. The number of hydrogen-bond acceptors (Lipinski definition) is 2. The molecule has 0 aliphatic carbocycles. The Morgan fingerprint density at radius 3 is 1.88 bits per heavy atom. The second-order valence-corrected chi connectivity index (χ2v) is 18.3. The summed E-state index contributed by atoms with van der Waals surface area (Å²) in [5.41, 5.74) is 15.3. The summed E-state index contributed by atoms with van der Waals surface area (Å²) in [6.07, 6.45) is 0. The fourth-order valence-corrected chi connectivity index (χ4v) is 11.7. The molecule has 0 radical (unpaired) electrons. The van der Waals surface area contributed by atoms with E-state index in [9.17, 15) is 0 Å². The summed E-state index contributed by atoms with van der Waals surface area (Å²) in [5, 5.41) is 12.3. The van der Waals surface area contributed by atoms with Gasteiger partial charge in [-0.15, -0.1) is 11.3 Å². The van der Waals surface area contributed by atoms with Gasteiger partial charge in [0.25, 0.3) is 0 Å². The second-order valence-electron chi connectivity index (χ2n) is 17.2. The average molecular weight is 844 g/mol. The molecule has 65 heavy (non-hydrogen) atoms. The van der Waals surface area contributed by atoms with E-state index in [4.69, 9.17) is 4.42 Å². The maximum atomic E-state index is 6.24. The molecule has 0 fully saturated rings. The minimum atomic E-state index is 0.925. The number of para-hydroxylation sites is 2. The van der Waals surface area contributed by atoms with Crippen LogP contribution in [0.5, 0.6) is 0 Å². The van der Waals surface area contributed by atoms with Gasteiger partial charge in [-0.05, 0) is 139 Å². The molecule has 302 valence electrons. The summed E-state index contributed by atoms with van der Waals surface area (Å²) in [6, 6.07) is 82.3. The van der Waals surface area contributed by atoms with Crippen molar-refractivity contribution in [3.63, 3.8) is 0 Å². The SMILES string of the molecule is c1ccc(-c2ccccc2-c2cccc(-c3cccc4c3sc3ccc(-c5ccc6c(c5)c5ccccc5n6-c5ccc6cc7c(ccc8oc9ccccc9c87)cc6c5)cc34)c2)cc1. The number of fused-ring (bicyclic) bond motifs is 12. The topological polar surface area (TPSA) is 18.1 Å². The van der Waals surface area contributed by atoms with E-state index in [2.05, 4.69) is 223 Å². The number of hydrogen-bond donors (Lipinski definition) is 0. The van der Waals surface area contributed by atoms with E-state index in [0.717, 1.165) is 22.2 Å². The normalized spacial score (nSPS) is 12.0. The minimum absolute atomic E-state index is 0.925. The van der Waals surface area contributed by atoms with Gasteiger partial charge in [-0.2, -0.15) is 0 Å². The molecular weight excluding hydrogens is 807 g/mol. The number of nitrogens with zero attached hydrogens (tertiary/aromatic N) is 1. The summed E-state index contributed by atoms with van der Waals surface area (Å²) in [5.74, 6) is 0. The van der Waals surface area contributed by atoms with E-state index in [0.29, 0.717) is 0 Å². The van der Waals surface area contributed by atoms with Crippen LogP contribution in [0.4, 0.5) is 0 Å². The molecule has 0 amide bonds. The van der Waals surface area contributed by atoms with Crippen molar-refractivity contribution in [1.82, 2.24) is 4.57 Å². The van der Waals surface area contributed by atoms with Crippen molar-refractivity contribution in [2.75, 3.05) is 0 Å². The molecule has 0 aliphatic heterocycles. The third kappa shape index (κ3) is 5.66. The summed E-state index contributed by atoms with van der Waals surface area (Å²) in [4.78, 5) is 0. The van der Waals surface area contributed by atoms with Gasteiger partial charge < -0.3 is 8.98 Å². The number of thiophene rings is 1. The second kappa shape index (κ2) is 14.1. The first kappa shape index (κ1) is 36.3. The van der Waals surface area contributed by atoms with Crippen LogP contribution < -0.4 is 0 Å². The molecule has 0 aliphatic rings. The number of aromatic nitrogens is 1. The zero-order valence-electron chi connectivity index (χ0n) is 35.1. The zero-order chi connectivity index (χ0) is 42.6. The van der Waals surface area contributed by atoms with E-state index in [1.807, 2.05) is 17.4 Å². The first-order valence-corrected chi connectivity index (χ1v) is 23.0. The highest BCUT2D eigenvalue weighted by Gasteiger charge is 2.18. The van der Waals surface area contributed by atoms with Crippen LogP contribution >= 0.6 is 11.3 Å². The van der Waals surface area contributed by atoms with Gasteiger partial charge in [-0.1, -0.05) is 152 Å². The van der Waals surface area contributed by atoms with E-state index in [1.165, 1.54) is 113 Å². The lowest BCUT2D eigenvalue weighted by Crippen LogP contribution is -1.94. The number of rotatable bonds is 5. The third-order valence-corrected chi connectivity index (χ3v) is 14.8. The molecule has 0 saturated heterocycles. The van der Waals surface area contributed by atoms with Crippen molar-refractivity contribution >= 4 is 96.8 Å². The highest BCUT2D eigenvalue weighted by atomic mass is 32.1. The first-order valence-electron chi connectivity index (χ1n) is 22.2. The fourth-order valence-electron chi connectivity index (χ4n) is 10.5. The molecule has 0 atom stereocenters. The summed E-state index contributed by atoms with van der Waals surface area (Å²) in [6.45, 7) is 0. The Morgan fingerprint density at radius 1 is 0.323 bits per heavy atom. The van der Waals surface area contributed by atoms with Crippen molar-refractivity contribution in [3.05, 3.63) is 224 Å². The fraction of sp³-hybridized carbons (Fsp3) is 0. The lowest BCUT2D eigenvalue weighted by atomic mass is 9.92. The van der Waals surface area contributed by atoms with E-state index >= 15 is 0 Å². The molecule has 0 bridgehead atoms. The Bertz CT molecular complexity index is 4240. The van der Waals surface area contributed by atoms with E-state index in [1.54, 1.807) is 0 Å². The Labute approximate surface area is 378 Å². The smallest absolute Gasteiger partial charge is 0.136 e. The quantitative estimate of drug-likeness (QED) is 0.158. The van der Waals surface area contributed by atoms with Crippen LogP contribution in [-0.4, -0.2) is 4.57 Å². The third-order valence-electron chi connectivity index (χ3n) is 13.6.